The molecule has 8 heteroatoms. The molecule has 0 atom stereocenters. The van der Waals surface area contributed by atoms with Crippen LogP contribution in [0.25, 0.3) is 0 Å². The number of phenolic OH excluding ortho intramolecular Hbond substituents is 1. The molecule has 0 bridgehead atoms. The van der Waals surface area contributed by atoms with Crippen molar-refractivity contribution in [1.82, 2.24) is 4.31 Å². The smallest absolute Gasteiger partial charge is 0.391 e. The molecule has 20 heavy (non-hydrogen) atoms. The second-order valence-electron chi connectivity index (χ2n) is 4.72. The molecule has 1 fully saturated rings. The van der Waals surface area contributed by atoms with Gasteiger partial charge in [-0.3, -0.25) is 0 Å². The van der Waals surface area contributed by atoms with Crippen LogP contribution in [0.2, 0.25) is 0 Å². The third kappa shape index (κ3) is 3.06. The maximum absolute atomic E-state index is 12.5. The summed E-state index contributed by atoms with van der Waals surface area (Å²) >= 11 is 0. The predicted molar refractivity (Wildman–Crippen MR) is 65.6 cm³/mol. The fraction of sp³-hybridized carbons (Fsp3) is 0.500. The molecule has 0 spiro atoms. The number of benzene rings is 1. The quantitative estimate of drug-likeness (QED) is 0.912. The van der Waals surface area contributed by atoms with E-state index in [2.05, 4.69) is 0 Å². The van der Waals surface area contributed by atoms with Gasteiger partial charge in [-0.2, -0.15) is 17.5 Å². The molecule has 1 aliphatic heterocycles. The minimum absolute atomic E-state index is 0.108. The molecule has 0 amide bonds. The Morgan fingerprint density at radius 1 is 1.20 bits per heavy atom. The SMILES string of the molecule is O=S(=O)(c1cccc(O)c1)N1CCC(C(F)(F)F)CC1. The lowest BCUT2D eigenvalue weighted by Crippen LogP contribution is -2.42. The van der Waals surface area contributed by atoms with Gasteiger partial charge in [-0.25, -0.2) is 8.42 Å². The zero-order chi connectivity index (χ0) is 15.0. The highest BCUT2D eigenvalue weighted by atomic mass is 32.2. The normalized spacial score (nSPS) is 19.1. The minimum atomic E-state index is -4.28. The van der Waals surface area contributed by atoms with Gasteiger partial charge in [0.2, 0.25) is 10.0 Å². The molecule has 1 aromatic rings. The minimum Gasteiger partial charge on any atom is -0.508 e. The van der Waals surface area contributed by atoms with Crippen molar-refractivity contribution in [2.75, 3.05) is 13.1 Å². The molecule has 1 saturated heterocycles. The van der Waals surface area contributed by atoms with Crippen LogP contribution >= 0.6 is 0 Å². The number of hydrogen-bond acceptors (Lipinski definition) is 3. The molecule has 0 radical (unpaired) electrons. The van der Waals surface area contributed by atoms with Gasteiger partial charge in [0.05, 0.1) is 10.8 Å². The van der Waals surface area contributed by atoms with E-state index in [1.165, 1.54) is 18.2 Å². The van der Waals surface area contributed by atoms with Crippen molar-refractivity contribution in [2.24, 2.45) is 5.92 Å². The van der Waals surface area contributed by atoms with E-state index in [0.717, 1.165) is 10.4 Å². The van der Waals surface area contributed by atoms with Crippen molar-refractivity contribution in [3.63, 3.8) is 0 Å². The number of alkyl halides is 3. The molecular weight excluding hydrogens is 295 g/mol. The second kappa shape index (κ2) is 5.25. The molecule has 4 nitrogen and oxygen atoms in total. The lowest BCUT2D eigenvalue weighted by molar-refractivity contribution is -0.182. The average Bonchev–Trinajstić information content (AvgIpc) is 2.38. The van der Waals surface area contributed by atoms with Crippen molar-refractivity contribution in [2.45, 2.75) is 23.9 Å². The summed E-state index contributed by atoms with van der Waals surface area (Å²) in [6.07, 6.45) is -4.75. The van der Waals surface area contributed by atoms with Gasteiger partial charge < -0.3 is 5.11 Å². The molecule has 2 rings (SSSR count). The zero-order valence-electron chi connectivity index (χ0n) is 10.5. The van der Waals surface area contributed by atoms with Gasteiger partial charge in [0, 0.05) is 13.1 Å². The maximum atomic E-state index is 12.5. The highest BCUT2D eigenvalue weighted by molar-refractivity contribution is 7.89. The van der Waals surface area contributed by atoms with Crippen LogP contribution < -0.4 is 0 Å². The van der Waals surface area contributed by atoms with Gasteiger partial charge in [-0.05, 0) is 31.0 Å². The first kappa shape index (κ1) is 15.1. The fourth-order valence-electron chi connectivity index (χ4n) is 2.22. The first-order valence-electron chi connectivity index (χ1n) is 6.07. The number of rotatable bonds is 2. The summed E-state index contributed by atoms with van der Waals surface area (Å²) in [4.78, 5) is -0.108. The maximum Gasteiger partial charge on any atom is 0.391 e. The van der Waals surface area contributed by atoms with E-state index in [1.807, 2.05) is 0 Å². The van der Waals surface area contributed by atoms with Crippen LogP contribution in [0.5, 0.6) is 5.75 Å². The first-order valence-corrected chi connectivity index (χ1v) is 7.51. The van der Waals surface area contributed by atoms with Crippen LogP contribution in [0.3, 0.4) is 0 Å². The molecule has 0 aromatic heterocycles. The van der Waals surface area contributed by atoms with Gasteiger partial charge >= 0.3 is 6.18 Å². The molecule has 112 valence electrons. The van der Waals surface area contributed by atoms with Crippen molar-refractivity contribution in [3.05, 3.63) is 24.3 Å². The molecule has 0 unspecified atom stereocenters. The van der Waals surface area contributed by atoms with Gasteiger partial charge in [-0.15, -0.1) is 0 Å². The number of halogens is 3. The van der Waals surface area contributed by atoms with Crippen LogP contribution in [0.1, 0.15) is 12.8 Å². The summed E-state index contributed by atoms with van der Waals surface area (Å²) in [5.74, 6) is -1.64. The highest BCUT2D eigenvalue weighted by Gasteiger charge is 2.43. The molecular formula is C12H14F3NO3S. The number of piperidine rings is 1. The van der Waals surface area contributed by atoms with Gasteiger partial charge in [0.15, 0.2) is 0 Å². The molecule has 0 saturated carbocycles. The highest BCUT2D eigenvalue weighted by Crippen LogP contribution is 2.35. The number of phenols is 1. The number of nitrogens with zero attached hydrogens (tertiary/aromatic N) is 1. The van der Waals surface area contributed by atoms with Gasteiger partial charge in [-0.1, -0.05) is 6.07 Å². The van der Waals surface area contributed by atoms with Crippen molar-refractivity contribution >= 4 is 10.0 Å². The molecule has 1 N–H and O–H groups in total. The Kier molecular flexibility index (Phi) is 3.97. The predicted octanol–water partition coefficient (Wildman–Crippen LogP) is 2.36. The summed E-state index contributed by atoms with van der Waals surface area (Å²) in [6.45, 7) is -0.329. The summed E-state index contributed by atoms with van der Waals surface area (Å²) in [6, 6.07) is 5.11. The topological polar surface area (TPSA) is 57.6 Å². The summed E-state index contributed by atoms with van der Waals surface area (Å²) in [5.41, 5.74) is 0. The number of aromatic hydroxyl groups is 1. The Hall–Kier alpha value is -1.28. The van der Waals surface area contributed by atoms with E-state index < -0.39 is 22.1 Å². The van der Waals surface area contributed by atoms with Crippen molar-refractivity contribution in [1.29, 1.82) is 0 Å². The largest absolute Gasteiger partial charge is 0.508 e. The van der Waals surface area contributed by atoms with Crippen LogP contribution in [0.15, 0.2) is 29.2 Å². The Labute approximate surface area is 114 Å². The van der Waals surface area contributed by atoms with Crippen molar-refractivity contribution in [3.8, 4) is 5.75 Å². The van der Waals surface area contributed by atoms with E-state index >= 15 is 0 Å². The standard InChI is InChI=1S/C12H14F3NO3S/c13-12(14,15)9-4-6-16(7-5-9)20(18,19)11-3-1-2-10(17)8-11/h1-3,8-9,17H,4-7H2. The van der Waals surface area contributed by atoms with Gasteiger partial charge in [0.1, 0.15) is 5.75 Å². The first-order chi connectivity index (χ1) is 9.21. The number of hydrogen-bond donors (Lipinski definition) is 1. The zero-order valence-corrected chi connectivity index (χ0v) is 11.3. The Bertz CT molecular complexity index is 578. The van der Waals surface area contributed by atoms with Crippen LogP contribution in [0.4, 0.5) is 13.2 Å². The molecule has 0 aliphatic carbocycles. The molecule has 1 heterocycles. The molecule has 1 aliphatic rings. The molecule has 1 aromatic carbocycles. The van der Waals surface area contributed by atoms with E-state index in [1.54, 1.807) is 0 Å². The van der Waals surface area contributed by atoms with E-state index in [0.29, 0.717) is 0 Å². The lowest BCUT2D eigenvalue weighted by atomic mass is 9.98. The van der Waals surface area contributed by atoms with Crippen LogP contribution in [0, 0.1) is 5.92 Å². The summed E-state index contributed by atoms with van der Waals surface area (Å²) in [5, 5.41) is 9.29. The lowest BCUT2D eigenvalue weighted by Gasteiger charge is -2.32. The average molecular weight is 309 g/mol. The number of sulfonamides is 1. The Morgan fingerprint density at radius 2 is 1.80 bits per heavy atom. The van der Waals surface area contributed by atoms with E-state index in [9.17, 15) is 26.7 Å². The summed E-state index contributed by atoms with van der Waals surface area (Å²) < 4.78 is 63.1. The Morgan fingerprint density at radius 3 is 2.30 bits per heavy atom. The van der Waals surface area contributed by atoms with Crippen LogP contribution in [-0.2, 0) is 10.0 Å². The van der Waals surface area contributed by atoms with E-state index in [-0.39, 0.29) is 36.6 Å². The Balaban J connectivity index is 2.14. The monoisotopic (exact) mass is 309 g/mol. The second-order valence-corrected chi connectivity index (χ2v) is 6.66. The van der Waals surface area contributed by atoms with Crippen LogP contribution in [-0.4, -0.2) is 37.1 Å². The van der Waals surface area contributed by atoms with Crippen molar-refractivity contribution < 1.29 is 26.7 Å². The summed E-state index contributed by atoms with van der Waals surface area (Å²) in [7, 11) is -3.85. The third-order valence-corrected chi connectivity index (χ3v) is 5.27. The van der Waals surface area contributed by atoms with E-state index in [4.69, 9.17) is 0 Å². The van der Waals surface area contributed by atoms with Gasteiger partial charge in [0.25, 0.3) is 0 Å². The third-order valence-electron chi connectivity index (χ3n) is 3.37. The fourth-order valence-corrected chi connectivity index (χ4v) is 3.73.